The first kappa shape index (κ1) is 13.8. The molecule has 0 amide bonds. The Balaban J connectivity index is 1.55. The molecule has 1 fully saturated rings. The number of ether oxygens (including phenoxy) is 3. The molecule has 1 saturated heterocycles. The van der Waals surface area contributed by atoms with Crippen molar-refractivity contribution in [3.8, 4) is 0 Å². The van der Waals surface area contributed by atoms with Gasteiger partial charge in [0.15, 0.2) is 0 Å². The van der Waals surface area contributed by atoms with E-state index in [0.29, 0.717) is 13.2 Å². The van der Waals surface area contributed by atoms with Crippen LogP contribution < -0.4 is 0 Å². The summed E-state index contributed by atoms with van der Waals surface area (Å²) in [5.41, 5.74) is 2.05. The van der Waals surface area contributed by atoms with Gasteiger partial charge in [0.25, 0.3) is 0 Å². The average molecular weight is 284 g/mol. The van der Waals surface area contributed by atoms with Crippen LogP contribution in [0.3, 0.4) is 0 Å². The van der Waals surface area contributed by atoms with Crippen LogP contribution in [0.5, 0.6) is 0 Å². The van der Waals surface area contributed by atoms with Crippen molar-refractivity contribution < 1.29 is 19.0 Å². The molecular weight excluding hydrogens is 268 g/mol. The fraction of sp³-hybridized carbons (Fsp3) is 0.235. The molecule has 0 spiro atoms. The predicted octanol–water partition coefficient (Wildman–Crippen LogP) is 2.67. The zero-order chi connectivity index (χ0) is 14.5. The van der Waals surface area contributed by atoms with E-state index in [4.69, 9.17) is 14.2 Å². The second-order valence-electron chi connectivity index (χ2n) is 4.82. The smallest absolute Gasteiger partial charge is 0.353 e. The van der Waals surface area contributed by atoms with Crippen LogP contribution in [0.4, 0.5) is 0 Å². The van der Waals surface area contributed by atoms with E-state index in [0.717, 1.165) is 11.1 Å². The van der Waals surface area contributed by atoms with Crippen molar-refractivity contribution in [1.29, 1.82) is 0 Å². The van der Waals surface area contributed by atoms with E-state index < -0.39 is 12.4 Å². The summed E-state index contributed by atoms with van der Waals surface area (Å²) >= 11 is 0. The van der Waals surface area contributed by atoms with E-state index in [-0.39, 0.29) is 5.97 Å². The normalized spacial score (nSPS) is 16.8. The van der Waals surface area contributed by atoms with Gasteiger partial charge in [0.2, 0.25) is 12.4 Å². The largest absolute Gasteiger partial charge is 0.442 e. The highest BCUT2D eigenvalue weighted by atomic mass is 16.7. The monoisotopic (exact) mass is 284 g/mol. The number of carbonyl (C=O) groups excluding carboxylic acids is 1. The molecule has 1 unspecified atom stereocenters. The number of benzene rings is 2. The Morgan fingerprint density at radius 3 is 1.67 bits per heavy atom. The number of cyclic esters (lactones) is 1. The van der Waals surface area contributed by atoms with Gasteiger partial charge in [-0.1, -0.05) is 60.7 Å². The Morgan fingerprint density at radius 2 is 1.29 bits per heavy atom. The molecule has 1 atom stereocenters. The highest BCUT2D eigenvalue weighted by Crippen LogP contribution is 2.22. The first-order chi connectivity index (χ1) is 10.3. The van der Waals surface area contributed by atoms with E-state index in [1.54, 1.807) is 0 Å². The van der Waals surface area contributed by atoms with Gasteiger partial charge in [-0.25, -0.2) is 4.79 Å². The fourth-order valence-electron chi connectivity index (χ4n) is 1.99. The van der Waals surface area contributed by atoms with Crippen LogP contribution in [0.1, 0.15) is 11.1 Å². The molecule has 3 rings (SSSR count). The third-order valence-corrected chi connectivity index (χ3v) is 3.18. The third-order valence-electron chi connectivity index (χ3n) is 3.18. The molecule has 0 saturated carbocycles. The lowest BCUT2D eigenvalue weighted by Crippen LogP contribution is -2.24. The zero-order valence-electron chi connectivity index (χ0n) is 11.5. The van der Waals surface area contributed by atoms with Crippen LogP contribution in [0, 0.1) is 0 Å². The Morgan fingerprint density at radius 1 is 0.857 bits per heavy atom. The molecule has 0 aliphatic carbocycles. The molecule has 108 valence electrons. The van der Waals surface area contributed by atoms with Gasteiger partial charge < -0.3 is 14.2 Å². The summed E-state index contributed by atoms with van der Waals surface area (Å²) in [5, 5.41) is 0. The van der Waals surface area contributed by atoms with Crippen LogP contribution in [0.15, 0.2) is 60.7 Å². The maximum atomic E-state index is 11.2. The third kappa shape index (κ3) is 3.90. The van der Waals surface area contributed by atoms with Gasteiger partial charge in [0, 0.05) is 0 Å². The van der Waals surface area contributed by atoms with Crippen molar-refractivity contribution in [3.05, 3.63) is 71.8 Å². The summed E-state index contributed by atoms with van der Waals surface area (Å²) < 4.78 is 16.2. The molecule has 4 heteroatoms. The summed E-state index contributed by atoms with van der Waals surface area (Å²) in [7, 11) is 0. The Kier molecular flexibility index (Phi) is 4.28. The van der Waals surface area contributed by atoms with Crippen molar-refractivity contribution in [2.45, 2.75) is 25.6 Å². The fourth-order valence-corrected chi connectivity index (χ4v) is 1.99. The van der Waals surface area contributed by atoms with Gasteiger partial charge in [0.1, 0.15) is 0 Å². The summed E-state index contributed by atoms with van der Waals surface area (Å²) in [6, 6.07) is 19.5. The van der Waals surface area contributed by atoms with Crippen LogP contribution in [-0.2, 0) is 32.2 Å². The summed E-state index contributed by atoms with van der Waals surface area (Å²) in [6.07, 6.45) is -1.27. The SMILES string of the molecule is O=C1OC1C(OCc1ccccc1)OCc1ccccc1. The quantitative estimate of drug-likeness (QED) is 0.579. The molecule has 2 aromatic carbocycles. The van der Waals surface area contributed by atoms with E-state index in [1.165, 1.54) is 0 Å². The predicted molar refractivity (Wildman–Crippen MR) is 76.1 cm³/mol. The highest BCUT2D eigenvalue weighted by Gasteiger charge is 2.47. The van der Waals surface area contributed by atoms with Gasteiger partial charge in [-0.05, 0) is 11.1 Å². The zero-order valence-corrected chi connectivity index (χ0v) is 11.5. The minimum Gasteiger partial charge on any atom is -0.442 e. The molecule has 1 aliphatic rings. The molecule has 1 heterocycles. The van der Waals surface area contributed by atoms with Gasteiger partial charge in [-0.2, -0.15) is 0 Å². The van der Waals surface area contributed by atoms with Crippen molar-refractivity contribution >= 4 is 5.97 Å². The van der Waals surface area contributed by atoms with Crippen molar-refractivity contribution in [2.24, 2.45) is 0 Å². The lowest BCUT2D eigenvalue weighted by molar-refractivity contribution is -0.167. The number of hydrogen-bond donors (Lipinski definition) is 0. The van der Waals surface area contributed by atoms with Crippen LogP contribution >= 0.6 is 0 Å². The maximum absolute atomic E-state index is 11.2. The summed E-state index contributed by atoms with van der Waals surface area (Å²) in [4.78, 5) is 11.2. The van der Waals surface area contributed by atoms with Crippen molar-refractivity contribution in [3.63, 3.8) is 0 Å². The van der Waals surface area contributed by atoms with Gasteiger partial charge in [-0.15, -0.1) is 0 Å². The van der Waals surface area contributed by atoms with Gasteiger partial charge >= 0.3 is 5.97 Å². The molecule has 0 aromatic heterocycles. The molecule has 21 heavy (non-hydrogen) atoms. The topological polar surface area (TPSA) is 48.1 Å². The van der Waals surface area contributed by atoms with E-state index in [1.807, 2.05) is 60.7 Å². The van der Waals surface area contributed by atoms with Gasteiger partial charge in [-0.3, -0.25) is 0 Å². The number of epoxide rings is 1. The first-order valence-electron chi connectivity index (χ1n) is 6.84. The number of carbonyl (C=O) groups is 1. The van der Waals surface area contributed by atoms with Crippen LogP contribution in [0.25, 0.3) is 0 Å². The lowest BCUT2D eigenvalue weighted by Gasteiger charge is -2.15. The minimum absolute atomic E-state index is 0.277. The van der Waals surface area contributed by atoms with E-state index in [9.17, 15) is 4.79 Å². The Labute approximate surface area is 123 Å². The lowest BCUT2D eigenvalue weighted by atomic mass is 10.2. The minimum atomic E-state index is -0.669. The second kappa shape index (κ2) is 6.52. The number of rotatable bonds is 7. The van der Waals surface area contributed by atoms with E-state index in [2.05, 4.69) is 0 Å². The Bertz CT molecular complexity index is 539. The first-order valence-corrected chi connectivity index (χ1v) is 6.84. The van der Waals surface area contributed by atoms with Crippen molar-refractivity contribution in [1.82, 2.24) is 0 Å². The standard InChI is InChI=1S/C17H16O4/c18-16-15(21-16)17(19-11-13-7-3-1-4-8-13)20-12-14-9-5-2-6-10-14/h1-10,15,17H,11-12H2. The summed E-state index contributed by atoms with van der Waals surface area (Å²) in [5.74, 6) is -0.277. The van der Waals surface area contributed by atoms with Gasteiger partial charge in [0.05, 0.1) is 13.2 Å². The van der Waals surface area contributed by atoms with Crippen LogP contribution in [-0.4, -0.2) is 18.4 Å². The van der Waals surface area contributed by atoms with Crippen LogP contribution in [0.2, 0.25) is 0 Å². The van der Waals surface area contributed by atoms with Crippen molar-refractivity contribution in [2.75, 3.05) is 0 Å². The molecule has 4 nitrogen and oxygen atoms in total. The summed E-state index contributed by atoms with van der Waals surface area (Å²) in [6.45, 7) is 0.765. The molecule has 2 aromatic rings. The molecule has 0 bridgehead atoms. The maximum Gasteiger partial charge on any atom is 0.353 e. The molecule has 0 radical (unpaired) electrons. The second-order valence-corrected chi connectivity index (χ2v) is 4.82. The number of hydrogen-bond acceptors (Lipinski definition) is 4. The average Bonchev–Trinajstić information content (AvgIpc) is 3.26. The highest BCUT2D eigenvalue weighted by molar-refractivity contribution is 5.87. The molecule has 1 aliphatic heterocycles. The molecule has 0 N–H and O–H groups in total. The van der Waals surface area contributed by atoms with E-state index >= 15 is 0 Å². The molecular formula is C17H16O4. The Hall–Kier alpha value is -2.17.